The van der Waals surface area contributed by atoms with Crippen LogP contribution in [0.5, 0.6) is 0 Å². The van der Waals surface area contributed by atoms with Gasteiger partial charge < -0.3 is 19.7 Å². The predicted molar refractivity (Wildman–Crippen MR) is 130 cm³/mol. The summed E-state index contributed by atoms with van der Waals surface area (Å²) in [4.78, 5) is 17.8. The van der Waals surface area contributed by atoms with E-state index in [1.165, 1.54) is 12.1 Å². The van der Waals surface area contributed by atoms with Gasteiger partial charge in [-0.1, -0.05) is 18.2 Å². The Labute approximate surface area is 200 Å². The van der Waals surface area contributed by atoms with Crippen molar-refractivity contribution < 1.29 is 18.7 Å². The van der Waals surface area contributed by atoms with E-state index in [1.807, 2.05) is 29.2 Å². The summed E-state index contributed by atoms with van der Waals surface area (Å²) in [6.45, 7) is 1.71. The Morgan fingerprint density at radius 1 is 1.12 bits per heavy atom. The number of rotatable bonds is 5. The summed E-state index contributed by atoms with van der Waals surface area (Å²) < 4.78 is 20.2. The van der Waals surface area contributed by atoms with Gasteiger partial charge in [0.05, 0.1) is 17.3 Å². The van der Waals surface area contributed by atoms with Crippen molar-refractivity contribution in [3.8, 4) is 11.3 Å². The number of nitrogens with zero attached hydrogens (tertiary/aromatic N) is 2. The number of halogens is 1. The van der Waals surface area contributed by atoms with Crippen LogP contribution in [0, 0.1) is 12.7 Å². The fourth-order valence-electron chi connectivity index (χ4n) is 4.17. The van der Waals surface area contributed by atoms with Gasteiger partial charge in [0, 0.05) is 17.4 Å². The quantitative estimate of drug-likeness (QED) is 0.362. The first kappa shape index (κ1) is 21.8. The molecule has 1 fully saturated rings. The van der Waals surface area contributed by atoms with E-state index in [9.17, 15) is 14.3 Å². The minimum atomic E-state index is -1.01. The van der Waals surface area contributed by atoms with Crippen molar-refractivity contribution in [2.75, 3.05) is 4.90 Å². The first-order valence-electron chi connectivity index (χ1n) is 10.6. The number of furan rings is 1. The Hall–Kier alpha value is -4.04. The van der Waals surface area contributed by atoms with E-state index in [4.69, 9.17) is 16.6 Å². The number of benzene rings is 2. The second-order valence-electron chi connectivity index (χ2n) is 8.02. The molecule has 1 aliphatic heterocycles. The van der Waals surface area contributed by atoms with E-state index >= 15 is 0 Å². The second-order valence-corrected chi connectivity index (χ2v) is 8.40. The smallest absolute Gasteiger partial charge is 0.335 e. The van der Waals surface area contributed by atoms with Gasteiger partial charge in [-0.3, -0.25) is 4.98 Å². The maximum Gasteiger partial charge on any atom is 0.335 e. The summed E-state index contributed by atoms with van der Waals surface area (Å²) in [5.41, 5.74) is 2.84. The first-order chi connectivity index (χ1) is 16.4. The number of thiocarbonyl (C=S) groups is 1. The number of aromatic nitrogens is 1. The van der Waals surface area contributed by atoms with E-state index in [2.05, 4.69) is 10.3 Å². The van der Waals surface area contributed by atoms with Gasteiger partial charge >= 0.3 is 5.97 Å². The van der Waals surface area contributed by atoms with Crippen LogP contribution in [0.2, 0.25) is 0 Å². The fourth-order valence-corrected chi connectivity index (χ4v) is 4.52. The van der Waals surface area contributed by atoms with Gasteiger partial charge in [-0.15, -0.1) is 0 Å². The number of carbonyl (C=O) groups is 1. The van der Waals surface area contributed by atoms with Gasteiger partial charge in [0.25, 0.3) is 0 Å². The van der Waals surface area contributed by atoms with Crippen molar-refractivity contribution in [2.24, 2.45) is 0 Å². The van der Waals surface area contributed by atoms with Crippen LogP contribution in [0.15, 0.2) is 83.4 Å². The number of carboxylic acid groups (broad SMARTS) is 1. The first-order valence-corrected chi connectivity index (χ1v) is 11.0. The van der Waals surface area contributed by atoms with Crippen LogP contribution in [0.1, 0.15) is 39.5 Å². The molecule has 4 aromatic rings. The fraction of sp³-hybridized carbons (Fsp3) is 0.115. The second kappa shape index (κ2) is 8.72. The van der Waals surface area contributed by atoms with Crippen molar-refractivity contribution in [3.05, 3.63) is 107 Å². The molecule has 5 rings (SSSR count). The van der Waals surface area contributed by atoms with Crippen molar-refractivity contribution in [2.45, 2.75) is 19.0 Å². The van der Waals surface area contributed by atoms with E-state index < -0.39 is 12.0 Å². The molecule has 8 heteroatoms. The molecule has 0 radical (unpaired) electrons. The Morgan fingerprint density at radius 3 is 2.71 bits per heavy atom. The number of aryl methyl sites for hydroxylation is 1. The van der Waals surface area contributed by atoms with Crippen LogP contribution >= 0.6 is 12.2 Å². The van der Waals surface area contributed by atoms with E-state index in [1.54, 1.807) is 49.5 Å². The zero-order valence-corrected chi connectivity index (χ0v) is 18.9. The molecule has 0 unspecified atom stereocenters. The molecule has 2 atom stereocenters. The summed E-state index contributed by atoms with van der Waals surface area (Å²) in [6, 6.07) is 20.0. The molecule has 1 aliphatic rings. The highest BCUT2D eigenvalue weighted by Gasteiger charge is 2.42. The number of carboxylic acids is 1. The predicted octanol–water partition coefficient (Wildman–Crippen LogP) is 5.66. The molecule has 170 valence electrons. The lowest BCUT2D eigenvalue weighted by molar-refractivity contribution is 0.0697. The lowest BCUT2D eigenvalue weighted by Crippen LogP contribution is -2.29. The molecule has 0 saturated carbocycles. The van der Waals surface area contributed by atoms with Gasteiger partial charge in [-0.25, -0.2) is 9.18 Å². The topological polar surface area (TPSA) is 78.6 Å². The van der Waals surface area contributed by atoms with Crippen LogP contribution in [-0.4, -0.2) is 21.2 Å². The van der Waals surface area contributed by atoms with E-state index in [-0.39, 0.29) is 17.4 Å². The molecule has 2 aromatic heterocycles. The standard InChI is InChI=1S/C26H20FN3O3S/c1-15-13-18(8-9-19(15)27)30-24(23(29-26(30)34)20-7-2-3-12-28-20)22-11-10-21(33-22)16-5-4-6-17(14-16)25(31)32/h2-14,23-24H,1H3,(H,29,34)(H,31,32)/t23-,24+/m0/s1. The molecule has 0 spiro atoms. The molecule has 0 amide bonds. The average molecular weight is 474 g/mol. The zero-order valence-electron chi connectivity index (χ0n) is 18.1. The largest absolute Gasteiger partial charge is 0.478 e. The number of nitrogens with one attached hydrogen (secondary N) is 1. The van der Waals surface area contributed by atoms with Crippen molar-refractivity contribution in [3.63, 3.8) is 0 Å². The van der Waals surface area contributed by atoms with Crippen LogP contribution in [0.25, 0.3) is 11.3 Å². The summed E-state index contributed by atoms with van der Waals surface area (Å²) >= 11 is 5.69. The maximum atomic E-state index is 14.0. The number of hydrogen-bond donors (Lipinski definition) is 2. The van der Waals surface area contributed by atoms with Gasteiger partial charge in [0.1, 0.15) is 23.4 Å². The van der Waals surface area contributed by atoms with Gasteiger partial charge in [-0.2, -0.15) is 0 Å². The van der Waals surface area contributed by atoms with E-state index in [0.29, 0.717) is 27.8 Å². The van der Waals surface area contributed by atoms with Gasteiger partial charge in [0.2, 0.25) is 0 Å². The molecule has 2 N–H and O–H groups in total. The lowest BCUT2D eigenvalue weighted by atomic mass is 10.0. The molecule has 3 heterocycles. The Balaban J connectivity index is 1.60. The highest BCUT2D eigenvalue weighted by molar-refractivity contribution is 7.80. The number of pyridine rings is 1. The molecule has 6 nitrogen and oxygen atoms in total. The third-order valence-corrected chi connectivity index (χ3v) is 6.14. The molecule has 34 heavy (non-hydrogen) atoms. The molecule has 0 bridgehead atoms. The minimum absolute atomic E-state index is 0.175. The molecule has 2 aromatic carbocycles. The van der Waals surface area contributed by atoms with Gasteiger partial charge in [0.15, 0.2) is 5.11 Å². The third kappa shape index (κ3) is 3.92. The number of hydrogen-bond acceptors (Lipinski definition) is 4. The van der Waals surface area contributed by atoms with Crippen molar-refractivity contribution >= 4 is 29.0 Å². The summed E-state index contributed by atoms with van der Waals surface area (Å²) in [5.74, 6) is -0.156. The normalized spacial score (nSPS) is 17.6. The Kier molecular flexibility index (Phi) is 5.59. The molecule has 1 saturated heterocycles. The number of anilines is 1. The summed E-state index contributed by atoms with van der Waals surface area (Å²) in [7, 11) is 0. The molecular formula is C26H20FN3O3S. The summed E-state index contributed by atoms with van der Waals surface area (Å²) in [6.07, 6.45) is 1.72. The Bertz CT molecular complexity index is 1390. The average Bonchev–Trinajstić information content (AvgIpc) is 3.46. The SMILES string of the molecule is Cc1cc(N2C(=S)N[C@@H](c3ccccn3)[C@H]2c2ccc(-c3cccc(C(=O)O)c3)o2)ccc1F. The zero-order chi connectivity index (χ0) is 23.8. The minimum Gasteiger partial charge on any atom is -0.478 e. The van der Waals surface area contributed by atoms with Crippen molar-refractivity contribution in [1.82, 2.24) is 10.3 Å². The van der Waals surface area contributed by atoms with Crippen LogP contribution in [0.3, 0.4) is 0 Å². The monoisotopic (exact) mass is 473 g/mol. The maximum absolute atomic E-state index is 14.0. The highest BCUT2D eigenvalue weighted by Crippen LogP contribution is 2.43. The lowest BCUT2D eigenvalue weighted by Gasteiger charge is -2.26. The Morgan fingerprint density at radius 2 is 1.97 bits per heavy atom. The van der Waals surface area contributed by atoms with Crippen molar-refractivity contribution in [1.29, 1.82) is 0 Å². The van der Waals surface area contributed by atoms with Crippen LogP contribution in [0.4, 0.5) is 10.1 Å². The van der Waals surface area contributed by atoms with E-state index in [0.717, 1.165) is 11.4 Å². The molecule has 0 aliphatic carbocycles. The van der Waals surface area contributed by atoms with Crippen LogP contribution in [-0.2, 0) is 0 Å². The summed E-state index contributed by atoms with van der Waals surface area (Å²) in [5, 5.41) is 13.1. The molecular weight excluding hydrogens is 453 g/mol. The third-order valence-electron chi connectivity index (χ3n) is 5.83. The van der Waals surface area contributed by atoms with Gasteiger partial charge in [-0.05, 0) is 79.3 Å². The number of aromatic carboxylic acids is 1. The highest BCUT2D eigenvalue weighted by atomic mass is 32.1. The van der Waals surface area contributed by atoms with Crippen LogP contribution < -0.4 is 10.2 Å².